The van der Waals surface area contributed by atoms with Crippen LogP contribution in [0.5, 0.6) is 0 Å². The highest BCUT2D eigenvalue weighted by molar-refractivity contribution is 6.30. The fourth-order valence-electron chi connectivity index (χ4n) is 1.57. The summed E-state index contributed by atoms with van der Waals surface area (Å²) < 4.78 is 0. The van der Waals surface area contributed by atoms with E-state index in [1.54, 1.807) is 12.4 Å². The summed E-state index contributed by atoms with van der Waals surface area (Å²) in [6.07, 6.45) is 3.21. The van der Waals surface area contributed by atoms with E-state index in [0.29, 0.717) is 18.2 Å². The first-order valence-corrected chi connectivity index (χ1v) is 5.56. The summed E-state index contributed by atoms with van der Waals surface area (Å²) in [4.78, 5) is 10.2. The highest BCUT2D eigenvalue weighted by Crippen LogP contribution is 2.18. The Labute approximate surface area is 105 Å². The van der Waals surface area contributed by atoms with Gasteiger partial charge >= 0.3 is 0 Å². The van der Waals surface area contributed by atoms with Crippen LogP contribution in [-0.2, 0) is 6.54 Å². The molecule has 5 heteroatoms. The molecule has 0 amide bonds. The molecule has 0 atom stereocenters. The lowest BCUT2D eigenvalue weighted by atomic mass is 10.2. The molecule has 0 spiro atoms. The lowest BCUT2D eigenvalue weighted by Gasteiger charge is -2.18. The highest BCUT2D eigenvalue weighted by atomic mass is 35.5. The SMILES string of the molecule is CN(Cc1ccc(Cl)cc1)c1nccnc1N. The van der Waals surface area contributed by atoms with Crippen molar-refractivity contribution in [3.05, 3.63) is 47.2 Å². The van der Waals surface area contributed by atoms with Crippen LogP contribution >= 0.6 is 11.6 Å². The van der Waals surface area contributed by atoms with Crippen molar-refractivity contribution in [2.75, 3.05) is 17.7 Å². The molecule has 2 N–H and O–H groups in total. The fraction of sp³-hybridized carbons (Fsp3) is 0.167. The van der Waals surface area contributed by atoms with E-state index in [2.05, 4.69) is 9.97 Å². The number of benzene rings is 1. The van der Waals surface area contributed by atoms with Gasteiger partial charge in [0.05, 0.1) is 0 Å². The Morgan fingerprint density at radius 3 is 2.47 bits per heavy atom. The third kappa shape index (κ3) is 2.85. The van der Waals surface area contributed by atoms with Crippen LogP contribution in [-0.4, -0.2) is 17.0 Å². The zero-order chi connectivity index (χ0) is 12.3. The Kier molecular flexibility index (Phi) is 3.44. The molecule has 0 radical (unpaired) electrons. The van der Waals surface area contributed by atoms with Crippen LogP contribution in [0.4, 0.5) is 11.6 Å². The number of hydrogen-bond donors (Lipinski definition) is 1. The molecule has 0 aliphatic heterocycles. The summed E-state index contributed by atoms with van der Waals surface area (Å²) in [5.41, 5.74) is 6.90. The van der Waals surface area contributed by atoms with Gasteiger partial charge in [-0.15, -0.1) is 0 Å². The molecule has 0 fully saturated rings. The number of halogens is 1. The van der Waals surface area contributed by atoms with Crippen LogP contribution in [0.25, 0.3) is 0 Å². The summed E-state index contributed by atoms with van der Waals surface area (Å²) in [6.45, 7) is 0.708. The monoisotopic (exact) mass is 248 g/mol. The average Bonchev–Trinajstić information content (AvgIpc) is 2.32. The summed E-state index contributed by atoms with van der Waals surface area (Å²) in [7, 11) is 1.93. The topological polar surface area (TPSA) is 55.0 Å². The molecular formula is C12H13ClN4. The number of nitrogen functional groups attached to an aromatic ring is 1. The first-order valence-electron chi connectivity index (χ1n) is 5.19. The van der Waals surface area contributed by atoms with E-state index in [1.807, 2.05) is 36.2 Å². The predicted octanol–water partition coefficient (Wildman–Crippen LogP) is 2.35. The molecule has 2 rings (SSSR count). The second-order valence-corrected chi connectivity index (χ2v) is 4.18. The molecular weight excluding hydrogens is 236 g/mol. The average molecular weight is 249 g/mol. The lowest BCUT2D eigenvalue weighted by molar-refractivity contribution is 0.893. The molecule has 0 saturated heterocycles. The third-order valence-corrected chi connectivity index (χ3v) is 2.65. The minimum atomic E-state index is 0.434. The van der Waals surface area contributed by atoms with Crippen molar-refractivity contribution in [2.45, 2.75) is 6.54 Å². The minimum Gasteiger partial charge on any atom is -0.381 e. The van der Waals surface area contributed by atoms with E-state index in [-0.39, 0.29) is 0 Å². The summed E-state index contributed by atoms with van der Waals surface area (Å²) in [6, 6.07) is 7.69. The van der Waals surface area contributed by atoms with E-state index in [1.165, 1.54) is 0 Å². The largest absolute Gasteiger partial charge is 0.381 e. The maximum atomic E-state index is 5.83. The second-order valence-electron chi connectivity index (χ2n) is 3.75. The lowest BCUT2D eigenvalue weighted by Crippen LogP contribution is -2.19. The Morgan fingerprint density at radius 1 is 1.18 bits per heavy atom. The summed E-state index contributed by atoms with van der Waals surface area (Å²) in [5.74, 6) is 1.12. The van der Waals surface area contributed by atoms with Crippen LogP contribution in [0.3, 0.4) is 0 Å². The van der Waals surface area contributed by atoms with Crippen molar-refractivity contribution < 1.29 is 0 Å². The molecule has 1 aromatic heterocycles. The standard InChI is InChI=1S/C12H13ClN4/c1-17(12-11(14)15-6-7-16-12)8-9-2-4-10(13)5-3-9/h2-7H,8H2,1H3,(H2,14,15). The number of nitrogens with zero attached hydrogens (tertiary/aromatic N) is 3. The van der Waals surface area contributed by atoms with E-state index in [9.17, 15) is 0 Å². The van der Waals surface area contributed by atoms with E-state index in [0.717, 1.165) is 10.6 Å². The summed E-state index contributed by atoms with van der Waals surface area (Å²) in [5, 5.41) is 0.732. The van der Waals surface area contributed by atoms with E-state index < -0.39 is 0 Å². The molecule has 1 aromatic carbocycles. The fourth-order valence-corrected chi connectivity index (χ4v) is 1.70. The van der Waals surface area contributed by atoms with E-state index >= 15 is 0 Å². The molecule has 0 unspecified atom stereocenters. The van der Waals surface area contributed by atoms with Gasteiger partial charge in [0.25, 0.3) is 0 Å². The molecule has 0 aliphatic rings. The first kappa shape index (κ1) is 11.7. The second kappa shape index (κ2) is 5.01. The Morgan fingerprint density at radius 2 is 1.82 bits per heavy atom. The third-order valence-electron chi connectivity index (χ3n) is 2.40. The Bertz CT molecular complexity index is 498. The molecule has 0 bridgehead atoms. The quantitative estimate of drug-likeness (QED) is 0.906. The van der Waals surface area contributed by atoms with Gasteiger partial charge in [-0.3, -0.25) is 0 Å². The molecule has 2 aromatic rings. The van der Waals surface area contributed by atoms with Crippen LogP contribution in [0.15, 0.2) is 36.7 Å². The number of hydrogen-bond acceptors (Lipinski definition) is 4. The van der Waals surface area contributed by atoms with Crippen molar-refractivity contribution in [1.29, 1.82) is 0 Å². The van der Waals surface area contributed by atoms with Gasteiger partial charge in [0.1, 0.15) is 0 Å². The maximum absolute atomic E-state index is 5.83. The van der Waals surface area contributed by atoms with Crippen molar-refractivity contribution >= 4 is 23.2 Å². The Hall–Kier alpha value is -1.81. The van der Waals surface area contributed by atoms with Crippen LogP contribution in [0.2, 0.25) is 5.02 Å². The normalized spacial score (nSPS) is 10.2. The highest BCUT2D eigenvalue weighted by Gasteiger charge is 2.07. The molecule has 4 nitrogen and oxygen atoms in total. The predicted molar refractivity (Wildman–Crippen MR) is 70.0 cm³/mol. The van der Waals surface area contributed by atoms with Gasteiger partial charge in [0.15, 0.2) is 11.6 Å². The van der Waals surface area contributed by atoms with Crippen LogP contribution in [0.1, 0.15) is 5.56 Å². The van der Waals surface area contributed by atoms with Crippen LogP contribution < -0.4 is 10.6 Å². The molecule has 0 aliphatic carbocycles. The van der Waals surface area contributed by atoms with Gasteiger partial charge in [-0.05, 0) is 17.7 Å². The first-order chi connectivity index (χ1) is 8.16. The van der Waals surface area contributed by atoms with Crippen LogP contribution in [0, 0.1) is 0 Å². The van der Waals surface area contributed by atoms with Gasteiger partial charge < -0.3 is 10.6 Å². The molecule has 88 valence electrons. The molecule has 1 heterocycles. The number of rotatable bonds is 3. The molecule has 17 heavy (non-hydrogen) atoms. The Balaban J connectivity index is 2.14. The number of anilines is 2. The van der Waals surface area contributed by atoms with Gasteiger partial charge in [0.2, 0.25) is 0 Å². The zero-order valence-electron chi connectivity index (χ0n) is 9.47. The van der Waals surface area contributed by atoms with Gasteiger partial charge in [-0.1, -0.05) is 23.7 Å². The van der Waals surface area contributed by atoms with Gasteiger partial charge in [-0.2, -0.15) is 0 Å². The van der Waals surface area contributed by atoms with Crippen molar-refractivity contribution in [1.82, 2.24) is 9.97 Å². The van der Waals surface area contributed by atoms with Crippen molar-refractivity contribution in [3.63, 3.8) is 0 Å². The zero-order valence-corrected chi connectivity index (χ0v) is 10.2. The number of nitrogens with two attached hydrogens (primary N) is 1. The number of aromatic nitrogens is 2. The van der Waals surface area contributed by atoms with Crippen molar-refractivity contribution in [2.24, 2.45) is 0 Å². The maximum Gasteiger partial charge on any atom is 0.171 e. The summed E-state index contributed by atoms with van der Waals surface area (Å²) >= 11 is 5.83. The van der Waals surface area contributed by atoms with Gasteiger partial charge in [0, 0.05) is 31.0 Å². The van der Waals surface area contributed by atoms with Crippen molar-refractivity contribution in [3.8, 4) is 0 Å². The van der Waals surface area contributed by atoms with E-state index in [4.69, 9.17) is 17.3 Å². The van der Waals surface area contributed by atoms with Gasteiger partial charge in [-0.25, -0.2) is 9.97 Å². The molecule has 0 saturated carbocycles. The smallest absolute Gasteiger partial charge is 0.171 e. The minimum absolute atomic E-state index is 0.434.